The molecule has 1 aromatic carbocycles. The number of hydrogen-bond donors (Lipinski definition) is 1. The molecule has 0 spiro atoms. The molecule has 6 nitrogen and oxygen atoms in total. The van der Waals surface area contributed by atoms with E-state index in [1.165, 1.54) is 24.2 Å². The van der Waals surface area contributed by atoms with Gasteiger partial charge in [-0.25, -0.2) is 9.67 Å². The first-order valence-corrected chi connectivity index (χ1v) is 9.64. The molecule has 0 amide bonds. The molecule has 150 valence electrons. The molecule has 0 bridgehead atoms. The molecule has 3 heterocycles. The molecule has 4 aromatic rings. The molecule has 0 atom stereocenters. The van der Waals surface area contributed by atoms with Gasteiger partial charge in [-0.05, 0) is 42.1 Å². The zero-order chi connectivity index (χ0) is 20.6. The lowest BCUT2D eigenvalue weighted by Gasteiger charge is -2.13. The third-order valence-corrected chi connectivity index (χ3v) is 5.30. The number of fused-ring (bicyclic) bond motifs is 1. The topological polar surface area (TPSA) is 60.6 Å². The van der Waals surface area contributed by atoms with E-state index in [4.69, 9.17) is 0 Å². The number of hydrogen-bond acceptors (Lipinski definition) is 5. The Balaban J connectivity index is 1.58. The van der Waals surface area contributed by atoms with Gasteiger partial charge in [-0.3, -0.25) is 4.68 Å². The Morgan fingerprint density at radius 1 is 1.07 bits per heavy atom. The van der Waals surface area contributed by atoms with Crippen molar-refractivity contribution in [3.63, 3.8) is 0 Å². The summed E-state index contributed by atoms with van der Waals surface area (Å²) in [5.74, 6) is 0.106. The lowest BCUT2D eigenvalue weighted by molar-refractivity contribution is -0.142. The van der Waals surface area contributed by atoms with Crippen molar-refractivity contribution in [1.82, 2.24) is 24.5 Å². The molecular formula is C19H17F3N6S. The highest BCUT2D eigenvalue weighted by Crippen LogP contribution is 2.33. The summed E-state index contributed by atoms with van der Waals surface area (Å²) < 4.78 is 45.1. The number of pyridine rings is 1. The predicted octanol–water partition coefficient (Wildman–Crippen LogP) is 4.85. The van der Waals surface area contributed by atoms with E-state index in [9.17, 15) is 13.2 Å². The van der Waals surface area contributed by atoms with Crippen molar-refractivity contribution >= 4 is 28.5 Å². The maximum absolute atomic E-state index is 13.1. The van der Waals surface area contributed by atoms with Crippen molar-refractivity contribution in [2.24, 2.45) is 7.05 Å². The third-order valence-electron chi connectivity index (χ3n) is 4.51. The molecule has 10 heteroatoms. The van der Waals surface area contributed by atoms with E-state index < -0.39 is 11.9 Å². The van der Waals surface area contributed by atoms with Gasteiger partial charge < -0.3 is 4.72 Å². The van der Waals surface area contributed by atoms with Crippen LogP contribution in [0.2, 0.25) is 0 Å². The van der Waals surface area contributed by atoms with Crippen LogP contribution in [0.4, 0.5) is 18.9 Å². The normalized spacial score (nSPS) is 11.9. The van der Waals surface area contributed by atoms with Gasteiger partial charge >= 0.3 is 6.18 Å². The van der Waals surface area contributed by atoms with Gasteiger partial charge in [0.05, 0.1) is 23.6 Å². The van der Waals surface area contributed by atoms with Crippen molar-refractivity contribution < 1.29 is 13.2 Å². The first-order valence-electron chi connectivity index (χ1n) is 8.82. The fourth-order valence-corrected chi connectivity index (χ4v) is 3.77. The number of nitrogens with one attached hydrogen (secondary N) is 1. The molecule has 29 heavy (non-hydrogen) atoms. The largest absolute Gasteiger partial charge is 0.433 e. The van der Waals surface area contributed by atoms with Crippen molar-refractivity contribution in [2.45, 2.75) is 24.4 Å². The number of rotatable bonds is 5. The van der Waals surface area contributed by atoms with Gasteiger partial charge in [-0.1, -0.05) is 19.1 Å². The minimum Gasteiger partial charge on any atom is -0.323 e. The Bertz CT molecular complexity index is 1150. The molecule has 0 saturated heterocycles. The van der Waals surface area contributed by atoms with Crippen LogP contribution in [0, 0.1) is 0 Å². The van der Waals surface area contributed by atoms with E-state index in [0.717, 1.165) is 50.4 Å². The Hall–Kier alpha value is -3.01. The molecule has 0 radical (unpaired) electrons. The Morgan fingerprint density at radius 2 is 1.90 bits per heavy atom. The van der Waals surface area contributed by atoms with Gasteiger partial charge in [0, 0.05) is 23.5 Å². The standard InChI is InChI=1S/C19H17F3N6S/c1-3-12-4-5-13-10-25-27(2)18(13)17(12)26-29-14-6-7-16(23-11-14)28-15(8-9-24-28)19(20,21)22/h4-11,26H,3H2,1-2H3. The van der Waals surface area contributed by atoms with Gasteiger partial charge in [0.25, 0.3) is 0 Å². The first kappa shape index (κ1) is 19.3. The second kappa shape index (κ2) is 7.43. The summed E-state index contributed by atoms with van der Waals surface area (Å²) in [6, 6.07) is 8.24. The van der Waals surface area contributed by atoms with Crippen LogP contribution in [0.1, 0.15) is 18.2 Å². The quantitative estimate of drug-likeness (QED) is 0.469. The van der Waals surface area contributed by atoms with Crippen molar-refractivity contribution in [1.29, 1.82) is 0 Å². The molecule has 1 N–H and O–H groups in total. The minimum atomic E-state index is -4.49. The Morgan fingerprint density at radius 3 is 2.59 bits per heavy atom. The molecule has 0 fully saturated rings. The second-order valence-corrected chi connectivity index (χ2v) is 7.22. The Kier molecular flexibility index (Phi) is 4.95. The van der Waals surface area contributed by atoms with Crippen LogP contribution in [0.15, 0.2) is 53.8 Å². The summed E-state index contributed by atoms with van der Waals surface area (Å²) in [6.07, 6.45) is 0.787. The number of anilines is 1. The molecule has 4 rings (SSSR count). The second-order valence-electron chi connectivity index (χ2n) is 6.34. The number of aryl methyl sites for hydroxylation is 2. The van der Waals surface area contributed by atoms with Gasteiger partial charge in [0.15, 0.2) is 5.82 Å². The molecule has 3 aromatic heterocycles. The molecule has 0 aliphatic heterocycles. The minimum absolute atomic E-state index is 0.106. The highest BCUT2D eigenvalue weighted by atomic mass is 32.2. The smallest absolute Gasteiger partial charge is 0.323 e. The summed E-state index contributed by atoms with van der Waals surface area (Å²) in [7, 11) is 1.89. The zero-order valence-corrected chi connectivity index (χ0v) is 16.4. The molecule has 0 unspecified atom stereocenters. The van der Waals surface area contributed by atoms with Crippen LogP contribution in [-0.4, -0.2) is 24.5 Å². The van der Waals surface area contributed by atoms with Crippen LogP contribution in [-0.2, 0) is 19.6 Å². The van der Waals surface area contributed by atoms with Crippen LogP contribution >= 0.6 is 11.9 Å². The van der Waals surface area contributed by atoms with Gasteiger partial charge in [0.2, 0.25) is 0 Å². The van der Waals surface area contributed by atoms with Crippen LogP contribution < -0.4 is 4.72 Å². The van der Waals surface area contributed by atoms with Gasteiger partial charge in [0.1, 0.15) is 5.69 Å². The molecule has 0 aliphatic rings. The predicted molar refractivity (Wildman–Crippen MR) is 106 cm³/mol. The lowest BCUT2D eigenvalue weighted by Crippen LogP contribution is -2.14. The van der Waals surface area contributed by atoms with Crippen molar-refractivity contribution in [2.75, 3.05) is 4.72 Å². The average molecular weight is 418 g/mol. The number of nitrogens with zero attached hydrogens (tertiary/aromatic N) is 5. The number of alkyl halides is 3. The number of benzene rings is 1. The van der Waals surface area contributed by atoms with E-state index in [1.807, 2.05) is 24.0 Å². The SMILES string of the molecule is CCc1ccc2cnn(C)c2c1NSc1ccc(-n2nccc2C(F)(F)F)nc1. The monoisotopic (exact) mass is 418 g/mol. The number of aromatic nitrogens is 5. The summed E-state index contributed by atoms with van der Waals surface area (Å²) in [5, 5.41) is 9.07. The van der Waals surface area contributed by atoms with Crippen molar-refractivity contribution in [3.05, 3.63) is 60.2 Å². The summed E-state index contributed by atoms with van der Waals surface area (Å²) in [4.78, 5) is 4.90. The third kappa shape index (κ3) is 3.67. The lowest BCUT2D eigenvalue weighted by atomic mass is 10.1. The van der Waals surface area contributed by atoms with Gasteiger partial charge in [-0.2, -0.15) is 23.4 Å². The summed E-state index contributed by atoms with van der Waals surface area (Å²) >= 11 is 1.34. The van der Waals surface area contributed by atoms with Crippen molar-refractivity contribution in [3.8, 4) is 5.82 Å². The maximum Gasteiger partial charge on any atom is 0.433 e. The zero-order valence-electron chi connectivity index (χ0n) is 15.6. The van der Waals surface area contributed by atoms with Crippen LogP contribution in [0.25, 0.3) is 16.7 Å². The fourth-order valence-electron chi connectivity index (χ4n) is 3.09. The van der Waals surface area contributed by atoms with E-state index in [0.29, 0.717) is 0 Å². The van der Waals surface area contributed by atoms with Crippen LogP contribution in [0.5, 0.6) is 0 Å². The molecule has 0 aliphatic carbocycles. The highest BCUT2D eigenvalue weighted by Gasteiger charge is 2.35. The molecular weight excluding hydrogens is 401 g/mol. The fraction of sp³-hybridized carbons (Fsp3) is 0.211. The maximum atomic E-state index is 13.1. The molecule has 0 saturated carbocycles. The van der Waals surface area contributed by atoms with Gasteiger partial charge in [-0.15, -0.1) is 0 Å². The highest BCUT2D eigenvalue weighted by molar-refractivity contribution is 8.00. The first-order chi connectivity index (χ1) is 13.9. The van der Waals surface area contributed by atoms with Crippen LogP contribution in [0.3, 0.4) is 0 Å². The van der Waals surface area contributed by atoms with E-state index in [1.54, 1.807) is 6.07 Å². The van der Waals surface area contributed by atoms with E-state index in [-0.39, 0.29) is 5.82 Å². The number of halogens is 3. The summed E-state index contributed by atoms with van der Waals surface area (Å²) in [5.41, 5.74) is 2.24. The van der Waals surface area contributed by atoms with E-state index >= 15 is 0 Å². The van der Waals surface area contributed by atoms with E-state index in [2.05, 4.69) is 32.9 Å². The average Bonchev–Trinajstić information content (AvgIpc) is 3.34. The summed E-state index contributed by atoms with van der Waals surface area (Å²) in [6.45, 7) is 2.08. The Labute approximate surface area is 168 Å².